The Hall–Kier alpha value is -0.340. The van der Waals surface area contributed by atoms with Crippen LogP contribution in [0.25, 0.3) is 0 Å². The van der Waals surface area contributed by atoms with Crippen molar-refractivity contribution >= 4 is 0 Å². The van der Waals surface area contributed by atoms with E-state index in [4.69, 9.17) is 5.11 Å². The zero-order valence-electron chi connectivity index (χ0n) is 6.89. The average molecular weight is 144 g/mol. The molecule has 0 saturated heterocycles. The standard InChI is InChI=1S/C8H16O2/c1-6(2)8(3,4)7(10)5-9/h7,9-10H,1,5H2,2-4H3. The molecule has 60 valence electrons. The Balaban J connectivity index is 4.23. The molecule has 0 aliphatic heterocycles. The number of hydrogen-bond donors (Lipinski definition) is 2. The molecule has 0 spiro atoms. The first-order chi connectivity index (χ1) is 4.42. The predicted octanol–water partition coefficient (Wildman–Crippen LogP) is 0.942. The van der Waals surface area contributed by atoms with Crippen molar-refractivity contribution in [2.24, 2.45) is 5.41 Å². The molecule has 0 fully saturated rings. The summed E-state index contributed by atoms with van der Waals surface area (Å²) in [4.78, 5) is 0. The first kappa shape index (κ1) is 9.66. The van der Waals surface area contributed by atoms with Gasteiger partial charge in [0, 0.05) is 5.41 Å². The van der Waals surface area contributed by atoms with Gasteiger partial charge in [-0.05, 0) is 6.92 Å². The Morgan fingerprint density at radius 1 is 1.60 bits per heavy atom. The fourth-order valence-corrected chi connectivity index (χ4v) is 0.513. The van der Waals surface area contributed by atoms with Crippen LogP contribution in [0.4, 0.5) is 0 Å². The smallest absolute Gasteiger partial charge is 0.0858 e. The lowest BCUT2D eigenvalue weighted by Crippen LogP contribution is -2.32. The van der Waals surface area contributed by atoms with E-state index in [-0.39, 0.29) is 12.0 Å². The second kappa shape index (κ2) is 3.17. The summed E-state index contributed by atoms with van der Waals surface area (Å²) in [5.74, 6) is 0. The first-order valence-corrected chi connectivity index (χ1v) is 3.37. The maximum absolute atomic E-state index is 9.25. The largest absolute Gasteiger partial charge is 0.394 e. The van der Waals surface area contributed by atoms with Gasteiger partial charge in [-0.3, -0.25) is 0 Å². The summed E-state index contributed by atoms with van der Waals surface area (Å²) < 4.78 is 0. The van der Waals surface area contributed by atoms with Crippen molar-refractivity contribution in [3.8, 4) is 0 Å². The summed E-state index contributed by atoms with van der Waals surface area (Å²) in [6, 6.07) is 0. The van der Waals surface area contributed by atoms with Crippen LogP contribution in [0.1, 0.15) is 20.8 Å². The molecule has 2 heteroatoms. The zero-order chi connectivity index (χ0) is 8.36. The average Bonchev–Trinajstić information content (AvgIpc) is 1.86. The molecular weight excluding hydrogens is 128 g/mol. The van der Waals surface area contributed by atoms with Crippen molar-refractivity contribution in [3.05, 3.63) is 12.2 Å². The van der Waals surface area contributed by atoms with E-state index >= 15 is 0 Å². The van der Waals surface area contributed by atoms with Gasteiger partial charge in [0.1, 0.15) is 0 Å². The van der Waals surface area contributed by atoms with Crippen LogP contribution in [-0.4, -0.2) is 22.9 Å². The van der Waals surface area contributed by atoms with Crippen molar-refractivity contribution < 1.29 is 10.2 Å². The fourth-order valence-electron chi connectivity index (χ4n) is 0.513. The van der Waals surface area contributed by atoms with Crippen molar-refractivity contribution in [1.82, 2.24) is 0 Å². The highest BCUT2D eigenvalue weighted by Gasteiger charge is 2.27. The van der Waals surface area contributed by atoms with E-state index in [1.54, 1.807) is 0 Å². The fraction of sp³-hybridized carbons (Fsp3) is 0.750. The summed E-state index contributed by atoms with van der Waals surface area (Å²) in [7, 11) is 0. The highest BCUT2D eigenvalue weighted by Crippen LogP contribution is 2.28. The molecule has 0 aromatic heterocycles. The predicted molar refractivity (Wildman–Crippen MR) is 41.7 cm³/mol. The van der Waals surface area contributed by atoms with Crippen LogP contribution in [-0.2, 0) is 0 Å². The van der Waals surface area contributed by atoms with Crippen molar-refractivity contribution in [2.45, 2.75) is 26.9 Å². The lowest BCUT2D eigenvalue weighted by molar-refractivity contribution is 0.0222. The number of hydrogen-bond acceptors (Lipinski definition) is 2. The third-order valence-electron chi connectivity index (χ3n) is 2.11. The molecule has 0 bridgehead atoms. The van der Waals surface area contributed by atoms with Crippen LogP contribution in [0.15, 0.2) is 12.2 Å². The second-order valence-electron chi connectivity index (χ2n) is 3.20. The van der Waals surface area contributed by atoms with Crippen molar-refractivity contribution in [2.75, 3.05) is 6.61 Å². The van der Waals surface area contributed by atoms with Gasteiger partial charge in [0.2, 0.25) is 0 Å². The Kier molecular flexibility index (Phi) is 3.06. The minimum Gasteiger partial charge on any atom is -0.394 e. The quantitative estimate of drug-likeness (QED) is 0.579. The molecule has 2 N–H and O–H groups in total. The minimum absolute atomic E-state index is 0.208. The number of rotatable bonds is 3. The lowest BCUT2D eigenvalue weighted by Gasteiger charge is -2.29. The summed E-state index contributed by atoms with van der Waals surface area (Å²) in [5, 5.41) is 17.9. The van der Waals surface area contributed by atoms with Gasteiger partial charge < -0.3 is 10.2 Å². The molecule has 0 aromatic carbocycles. The molecule has 0 aliphatic rings. The van der Waals surface area contributed by atoms with Gasteiger partial charge in [-0.15, -0.1) is 0 Å². The lowest BCUT2D eigenvalue weighted by atomic mass is 9.81. The normalized spacial score (nSPS) is 14.9. The van der Waals surface area contributed by atoms with E-state index in [1.165, 1.54) is 0 Å². The van der Waals surface area contributed by atoms with Crippen LogP contribution in [0.3, 0.4) is 0 Å². The topological polar surface area (TPSA) is 40.5 Å². The molecular formula is C8H16O2. The van der Waals surface area contributed by atoms with Crippen molar-refractivity contribution in [3.63, 3.8) is 0 Å². The van der Waals surface area contributed by atoms with E-state index in [2.05, 4.69) is 6.58 Å². The Morgan fingerprint density at radius 3 is 2.10 bits per heavy atom. The Morgan fingerprint density at radius 2 is 2.00 bits per heavy atom. The molecule has 0 amide bonds. The van der Waals surface area contributed by atoms with Crippen LogP contribution >= 0.6 is 0 Å². The summed E-state index contributed by atoms with van der Waals surface area (Å²) in [6.45, 7) is 9.08. The molecule has 0 heterocycles. The zero-order valence-corrected chi connectivity index (χ0v) is 6.89. The van der Waals surface area contributed by atoms with Gasteiger partial charge in [-0.1, -0.05) is 26.0 Å². The van der Waals surface area contributed by atoms with E-state index in [0.29, 0.717) is 0 Å². The van der Waals surface area contributed by atoms with Gasteiger partial charge in [-0.25, -0.2) is 0 Å². The van der Waals surface area contributed by atoms with Gasteiger partial charge in [0.15, 0.2) is 0 Å². The van der Waals surface area contributed by atoms with Gasteiger partial charge >= 0.3 is 0 Å². The molecule has 1 unspecified atom stereocenters. The number of aliphatic hydroxyl groups excluding tert-OH is 2. The van der Waals surface area contributed by atoms with Gasteiger partial charge in [0.05, 0.1) is 12.7 Å². The Labute approximate surface area is 62.2 Å². The van der Waals surface area contributed by atoms with E-state index in [9.17, 15) is 5.11 Å². The third-order valence-corrected chi connectivity index (χ3v) is 2.11. The maximum atomic E-state index is 9.25. The molecule has 10 heavy (non-hydrogen) atoms. The minimum atomic E-state index is -0.704. The number of aliphatic hydroxyl groups is 2. The highest BCUT2D eigenvalue weighted by molar-refractivity contribution is 5.06. The Bertz CT molecular complexity index is 127. The van der Waals surface area contributed by atoms with E-state index in [0.717, 1.165) is 5.57 Å². The highest BCUT2D eigenvalue weighted by atomic mass is 16.3. The van der Waals surface area contributed by atoms with Crippen LogP contribution < -0.4 is 0 Å². The summed E-state index contributed by atoms with van der Waals surface area (Å²) in [5.41, 5.74) is 0.503. The third kappa shape index (κ3) is 1.82. The molecule has 1 atom stereocenters. The monoisotopic (exact) mass is 144 g/mol. The van der Waals surface area contributed by atoms with Crippen molar-refractivity contribution in [1.29, 1.82) is 0 Å². The maximum Gasteiger partial charge on any atom is 0.0858 e. The molecule has 0 aliphatic carbocycles. The molecule has 0 saturated carbocycles. The molecule has 0 aromatic rings. The second-order valence-corrected chi connectivity index (χ2v) is 3.20. The molecule has 0 rings (SSSR count). The van der Waals surface area contributed by atoms with Crippen LogP contribution in [0.5, 0.6) is 0 Å². The summed E-state index contributed by atoms with van der Waals surface area (Å²) in [6.07, 6.45) is -0.704. The van der Waals surface area contributed by atoms with Gasteiger partial charge in [-0.2, -0.15) is 0 Å². The van der Waals surface area contributed by atoms with Crippen LogP contribution in [0.2, 0.25) is 0 Å². The molecule has 0 radical (unpaired) electrons. The molecule has 2 nitrogen and oxygen atoms in total. The summed E-state index contributed by atoms with van der Waals surface area (Å²) >= 11 is 0. The van der Waals surface area contributed by atoms with E-state index in [1.807, 2.05) is 20.8 Å². The van der Waals surface area contributed by atoms with Gasteiger partial charge in [0.25, 0.3) is 0 Å². The van der Waals surface area contributed by atoms with E-state index < -0.39 is 6.10 Å². The SMILES string of the molecule is C=C(C)C(C)(C)C(O)CO. The first-order valence-electron chi connectivity index (χ1n) is 3.37. The van der Waals surface area contributed by atoms with Crippen LogP contribution in [0, 0.1) is 5.41 Å².